The van der Waals surface area contributed by atoms with Crippen molar-refractivity contribution >= 4 is 22.4 Å². The van der Waals surface area contributed by atoms with Crippen LogP contribution >= 0.6 is 0 Å². The van der Waals surface area contributed by atoms with Crippen molar-refractivity contribution < 1.29 is 4.21 Å². The van der Waals surface area contributed by atoms with Crippen molar-refractivity contribution in [2.75, 3.05) is 23.9 Å². The Hall–Kier alpha value is -1.17. The topological polar surface area (TPSA) is 80.9 Å². The molecule has 0 saturated carbocycles. The first-order valence-electron chi connectivity index (χ1n) is 4.23. The highest BCUT2D eigenvalue weighted by Crippen LogP contribution is 2.02. The molecule has 1 rings (SSSR count). The summed E-state index contributed by atoms with van der Waals surface area (Å²) in [6.45, 7) is 2.52. The Balaban J connectivity index is 2.46. The maximum Gasteiger partial charge on any atom is 0.144 e. The second kappa shape index (κ2) is 4.90. The molecular formula is C8H14N4OS. The van der Waals surface area contributed by atoms with Gasteiger partial charge < -0.3 is 11.1 Å². The number of aromatic nitrogens is 2. The summed E-state index contributed by atoms with van der Waals surface area (Å²) < 4.78 is 11.0. The normalized spacial score (nSPS) is 14.7. The fourth-order valence-corrected chi connectivity index (χ4v) is 1.11. The maximum absolute atomic E-state index is 11.0. The summed E-state index contributed by atoms with van der Waals surface area (Å²) in [5, 5.41) is 3.12. The number of nitrogens with two attached hydrogens (primary N) is 1. The van der Waals surface area contributed by atoms with Crippen LogP contribution in [0, 0.1) is 0 Å². The first-order chi connectivity index (χ1) is 6.59. The molecule has 0 fully saturated rings. The highest BCUT2D eigenvalue weighted by atomic mass is 32.2. The molecule has 0 amide bonds. The smallest absolute Gasteiger partial charge is 0.144 e. The van der Waals surface area contributed by atoms with Crippen molar-refractivity contribution in [3.8, 4) is 0 Å². The van der Waals surface area contributed by atoms with Crippen LogP contribution in [0.25, 0.3) is 0 Å². The average molecular weight is 214 g/mol. The Labute approximate surface area is 85.6 Å². The third kappa shape index (κ3) is 3.29. The molecule has 1 heterocycles. The lowest BCUT2D eigenvalue weighted by atomic mass is 10.4. The van der Waals surface area contributed by atoms with Crippen molar-refractivity contribution in [2.45, 2.75) is 12.2 Å². The van der Waals surface area contributed by atoms with Gasteiger partial charge in [-0.05, 0) is 6.92 Å². The number of nitrogens with zero attached hydrogens (tertiary/aromatic N) is 2. The SMILES string of the molecule is CC(CNc1cnc(N)cn1)S(C)=O. The molecule has 0 aliphatic heterocycles. The third-order valence-corrected chi connectivity index (χ3v) is 3.11. The van der Waals surface area contributed by atoms with Gasteiger partial charge in [0, 0.05) is 28.9 Å². The van der Waals surface area contributed by atoms with E-state index in [0.29, 0.717) is 18.2 Å². The molecule has 5 nitrogen and oxygen atoms in total. The number of rotatable bonds is 4. The van der Waals surface area contributed by atoms with Crippen molar-refractivity contribution in [3.05, 3.63) is 12.4 Å². The number of nitrogens with one attached hydrogen (secondary N) is 1. The molecule has 3 N–H and O–H groups in total. The summed E-state index contributed by atoms with van der Waals surface area (Å²) in [5.74, 6) is 1.04. The van der Waals surface area contributed by atoms with Gasteiger partial charge in [0.1, 0.15) is 11.6 Å². The lowest BCUT2D eigenvalue weighted by molar-refractivity contribution is 0.678. The first kappa shape index (κ1) is 10.9. The summed E-state index contributed by atoms with van der Waals surface area (Å²) in [7, 11) is -0.824. The van der Waals surface area contributed by atoms with Crippen LogP contribution in [0.1, 0.15) is 6.92 Å². The van der Waals surface area contributed by atoms with Crippen molar-refractivity contribution in [3.63, 3.8) is 0 Å². The van der Waals surface area contributed by atoms with Crippen LogP contribution in [0.4, 0.5) is 11.6 Å². The second-order valence-corrected chi connectivity index (χ2v) is 4.82. The summed E-state index contributed by atoms with van der Waals surface area (Å²) >= 11 is 0. The number of hydrogen-bond donors (Lipinski definition) is 2. The summed E-state index contributed by atoms with van der Waals surface area (Å²) in [6.07, 6.45) is 4.72. The highest BCUT2D eigenvalue weighted by molar-refractivity contribution is 7.84. The molecule has 1 aromatic rings. The minimum absolute atomic E-state index is 0.0920. The van der Waals surface area contributed by atoms with Crippen LogP contribution in [0.3, 0.4) is 0 Å². The van der Waals surface area contributed by atoms with E-state index in [-0.39, 0.29) is 5.25 Å². The van der Waals surface area contributed by atoms with E-state index >= 15 is 0 Å². The van der Waals surface area contributed by atoms with Gasteiger partial charge in [-0.15, -0.1) is 0 Å². The van der Waals surface area contributed by atoms with Crippen LogP contribution in [0.5, 0.6) is 0 Å². The molecule has 6 heteroatoms. The Kier molecular flexibility index (Phi) is 3.82. The van der Waals surface area contributed by atoms with Gasteiger partial charge in [-0.1, -0.05) is 0 Å². The molecule has 0 radical (unpaired) electrons. The van der Waals surface area contributed by atoms with E-state index in [4.69, 9.17) is 5.73 Å². The second-order valence-electron chi connectivity index (χ2n) is 3.02. The van der Waals surface area contributed by atoms with Gasteiger partial charge >= 0.3 is 0 Å². The summed E-state index contributed by atoms with van der Waals surface area (Å²) in [6, 6.07) is 0. The minimum Gasteiger partial charge on any atom is -0.382 e. The zero-order chi connectivity index (χ0) is 10.6. The van der Waals surface area contributed by atoms with Crippen LogP contribution in [-0.4, -0.2) is 32.2 Å². The zero-order valence-corrected chi connectivity index (χ0v) is 9.04. The number of anilines is 2. The largest absolute Gasteiger partial charge is 0.382 e. The molecule has 2 unspecified atom stereocenters. The van der Waals surface area contributed by atoms with Gasteiger partial charge in [0.2, 0.25) is 0 Å². The van der Waals surface area contributed by atoms with E-state index in [2.05, 4.69) is 15.3 Å². The Morgan fingerprint density at radius 3 is 2.79 bits per heavy atom. The molecular weight excluding hydrogens is 200 g/mol. The van der Waals surface area contributed by atoms with E-state index in [9.17, 15) is 4.21 Å². The third-order valence-electron chi connectivity index (χ3n) is 1.81. The predicted molar refractivity (Wildman–Crippen MR) is 58.5 cm³/mol. The van der Waals surface area contributed by atoms with Crippen LogP contribution in [-0.2, 0) is 10.8 Å². The molecule has 0 bridgehead atoms. The highest BCUT2D eigenvalue weighted by Gasteiger charge is 2.05. The number of nitrogen functional groups attached to an aromatic ring is 1. The monoisotopic (exact) mass is 214 g/mol. The van der Waals surface area contributed by atoms with Crippen LogP contribution in [0.15, 0.2) is 12.4 Å². The zero-order valence-electron chi connectivity index (χ0n) is 8.23. The molecule has 0 aliphatic rings. The molecule has 0 aromatic carbocycles. The molecule has 2 atom stereocenters. The van der Waals surface area contributed by atoms with Gasteiger partial charge in [0.15, 0.2) is 0 Å². The Bertz CT molecular complexity index is 314. The van der Waals surface area contributed by atoms with E-state index in [1.165, 1.54) is 6.20 Å². The van der Waals surface area contributed by atoms with Gasteiger partial charge in [-0.2, -0.15) is 0 Å². The Morgan fingerprint density at radius 1 is 1.57 bits per heavy atom. The van der Waals surface area contributed by atoms with Gasteiger partial charge in [-0.3, -0.25) is 4.21 Å². The van der Waals surface area contributed by atoms with E-state index < -0.39 is 10.8 Å². The van der Waals surface area contributed by atoms with Gasteiger partial charge in [0.05, 0.1) is 12.4 Å². The Morgan fingerprint density at radius 2 is 2.29 bits per heavy atom. The lowest BCUT2D eigenvalue weighted by Gasteiger charge is -2.09. The quantitative estimate of drug-likeness (QED) is 0.750. The minimum atomic E-state index is -0.824. The number of hydrogen-bond acceptors (Lipinski definition) is 5. The van der Waals surface area contributed by atoms with Crippen LogP contribution in [0.2, 0.25) is 0 Å². The summed E-state index contributed by atoms with van der Waals surface area (Å²) in [5.41, 5.74) is 5.38. The van der Waals surface area contributed by atoms with Gasteiger partial charge in [-0.25, -0.2) is 9.97 Å². The maximum atomic E-state index is 11.0. The van der Waals surface area contributed by atoms with E-state index in [0.717, 1.165) is 0 Å². The molecule has 1 aromatic heterocycles. The average Bonchev–Trinajstić information content (AvgIpc) is 2.16. The van der Waals surface area contributed by atoms with Crippen molar-refractivity contribution in [1.82, 2.24) is 9.97 Å². The first-order valence-corrected chi connectivity index (χ1v) is 5.85. The standard InChI is InChI=1S/C8H14N4OS/c1-6(14(2)13)3-11-8-5-10-7(9)4-12-8/h4-6H,3H2,1-2H3,(H2,9,10)(H,11,12). The molecule has 14 heavy (non-hydrogen) atoms. The van der Waals surface area contributed by atoms with Gasteiger partial charge in [0.25, 0.3) is 0 Å². The fraction of sp³-hybridized carbons (Fsp3) is 0.500. The fourth-order valence-electron chi connectivity index (χ4n) is 0.795. The predicted octanol–water partition coefficient (Wildman–Crippen LogP) is 0.238. The molecule has 0 spiro atoms. The summed E-state index contributed by atoms with van der Waals surface area (Å²) in [4.78, 5) is 7.89. The lowest BCUT2D eigenvalue weighted by Crippen LogP contribution is -2.21. The van der Waals surface area contributed by atoms with Crippen LogP contribution < -0.4 is 11.1 Å². The molecule has 0 saturated heterocycles. The van der Waals surface area contributed by atoms with E-state index in [1.807, 2.05) is 6.92 Å². The molecule has 0 aliphatic carbocycles. The van der Waals surface area contributed by atoms with Crippen molar-refractivity contribution in [1.29, 1.82) is 0 Å². The van der Waals surface area contributed by atoms with E-state index in [1.54, 1.807) is 12.5 Å². The molecule has 78 valence electrons. The van der Waals surface area contributed by atoms with Crippen molar-refractivity contribution in [2.24, 2.45) is 0 Å².